The molecule has 1 atom stereocenters. The Balaban J connectivity index is 1.96. The number of para-hydroxylation sites is 1. The minimum atomic E-state index is -0.390. The Morgan fingerprint density at radius 2 is 1.79 bits per heavy atom. The molecule has 2 N–H and O–H groups in total. The van der Waals surface area contributed by atoms with E-state index in [0.717, 1.165) is 28.3 Å². The van der Waals surface area contributed by atoms with Crippen LogP contribution in [0.4, 0.5) is 5.69 Å². The van der Waals surface area contributed by atoms with Crippen molar-refractivity contribution in [2.24, 2.45) is 5.10 Å². The number of hydrazone groups is 1. The van der Waals surface area contributed by atoms with Crippen LogP contribution in [0.15, 0.2) is 53.6 Å². The van der Waals surface area contributed by atoms with Gasteiger partial charge < -0.3 is 10.1 Å². The van der Waals surface area contributed by atoms with Crippen LogP contribution in [0.3, 0.4) is 0 Å². The monoisotopic (exact) mass is 325 g/mol. The average molecular weight is 325 g/mol. The Kier molecular flexibility index (Phi) is 5.95. The number of carbonyl (C=O) groups excluding carboxylic acids is 1. The largest absolute Gasteiger partial charge is 0.497 e. The van der Waals surface area contributed by atoms with Crippen LogP contribution in [0.1, 0.15) is 25.0 Å². The molecule has 0 aliphatic carbocycles. The highest BCUT2D eigenvalue weighted by atomic mass is 16.5. The van der Waals surface area contributed by atoms with Crippen molar-refractivity contribution in [2.75, 3.05) is 12.4 Å². The summed E-state index contributed by atoms with van der Waals surface area (Å²) in [4.78, 5) is 12.2. The fourth-order valence-corrected chi connectivity index (χ4v) is 2.17. The molecule has 0 spiro atoms. The molecule has 2 aromatic carbocycles. The third-order valence-electron chi connectivity index (χ3n) is 3.75. The van der Waals surface area contributed by atoms with Crippen molar-refractivity contribution in [1.82, 2.24) is 5.43 Å². The maximum Gasteiger partial charge on any atom is 0.262 e. The molecule has 0 saturated heterocycles. The first-order valence-corrected chi connectivity index (χ1v) is 7.82. The van der Waals surface area contributed by atoms with Gasteiger partial charge in [-0.15, -0.1) is 0 Å². The SMILES string of the molecule is COc1ccc(C(C)=NNC(=O)[C@@H](C)Nc2ccccc2C)cc1. The predicted octanol–water partition coefficient (Wildman–Crippen LogP) is 3.34. The molecule has 2 rings (SSSR count). The first-order chi connectivity index (χ1) is 11.5. The first kappa shape index (κ1) is 17.5. The maximum atomic E-state index is 12.2. The van der Waals surface area contributed by atoms with E-state index in [1.807, 2.05) is 62.4 Å². The molecule has 0 bridgehead atoms. The molecule has 0 aromatic heterocycles. The van der Waals surface area contributed by atoms with Gasteiger partial charge in [0.25, 0.3) is 5.91 Å². The number of hydrogen-bond acceptors (Lipinski definition) is 4. The van der Waals surface area contributed by atoms with E-state index in [1.165, 1.54) is 0 Å². The van der Waals surface area contributed by atoms with E-state index >= 15 is 0 Å². The molecular formula is C19H23N3O2. The summed E-state index contributed by atoms with van der Waals surface area (Å²) in [6.07, 6.45) is 0. The smallest absolute Gasteiger partial charge is 0.262 e. The zero-order valence-corrected chi connectivity index (χ0v) is 14.5. The minimum absolute atomic E-state index is 0.189. The topological polar surface area (TPSA) is 62.7 Å². The Bertz CT molecular complexity index is 724. The predicted molar refractivity (Wildman–Crippen MR) is 97.6 cm³/mol. The second kappa shape index (κ2) is 8.15. The lowest BCUT2D eigenvalue weighted by molar-refractivity contribution is -0.121. The Labute approximate surface area is 142 Å². The van der Waals surface area contributed by atoms with Crippen LogP contribution in [-0.2, 0) is 4.79 Å². The summed E-state index contributed by atoms with van der Waals surface area (Å²) in [6, 6.07) is 15.0. The van der Waals surface area contributed by atoms with Crippen molar-refractivity contribution in [3.05, 3.63) is 59.7 Å². The van der Waals surface area contributed by atoms with E-state index in [0.29, 0.717) is 0 Å². The van der Waals surface area contributed by atoms with Crippen LogP contribution in [0.5, 0.6) is 5.75 Å². The van der Waals surface area contributed by atoms with Gasteiger partial charge in [-0.3, -0.25) is 4.79 Å². The highest BCUT2D eigenvalue weighted by Crippen LogP contribution is 2.14. The number of aryl methyl sites for hydroxylation is 1. The highest BCUT2D eigenvalue weighted by molar-refractivity contribution is 5.99. The highest BCUT2D eigenvalue weighted by Gasteiger charge is 2.12. The summed E-state index contributed by atoms with van der Waals surface area (Å²) >= 11 is 0. The number of methoxy groups -OCH3 is 1. The van der Waals surface area contributed by atoms with Crippen molar-refractivity contribution in [3.8, 4) is 5.75 Å². The van der Waals surface area contributed by atoms with E-state index < -0.39 is 6.04 Å². The van der Waals surface area contributed by atoms with E-state index in [-0.39, 0.29) is 5.91 Å². The zero-order valence-electron chi connectivity index (χ0n) is 14.5. The van der Waals surface area contributed by atoms with E-state index in [2.05, 4.69) is 15.8 Å². The van der Waals surface area contributed by atoms with Gasteiger partial charge in [0.2, 0.25) is 0 Å². The van der Waals surface area contributed by atoms with Crippen molar-refractivity contribution < 1.29 is 9.53 Å². The fourth-order valence-electron chi connectivity index (χ4n) is 2.17. The molecule has 1 amide bonds. The lowest BCUT2D eigenvalue weighted by atomic mass is 10.1. The van der Waals surface area contributed by atoms with E-state index in [9.17, 15) is 4.79 Å². The molecule has 5 heteroatoms. The zero-order chi connectivity index (χ0) is 17.5. The summed E-state index contributed by atoms with van der Waals surface area (Å²) in [5.41, 5.74) is 6.29. The van der Waals surface area contributed by atoms with Crippen molar-refractivity contribution >= 4 is 17.3 Å². The number of nitrogens with one attached hydrogen (secondary N) is 2. The van der Waals surface area contributed by atoms with Gasteiger partial charge in [0.15, 0.2) is 0 Å². The molecule has 0 saturated carbocycles. The number of rotatable bonds is 6. The van der Waals surface area contributed by atoms with Gasteiger partial charge in [-0.05, 0) is 62.2 Å². The standard InChI is InChI=1S/C19H23N3O2/c1-13-7-5-6-8-18(13)20-15(3)19(23)22-21-14(2)16-9-11-17(24-4)12-10-16/h5-12,15,20H,1-4H3,(H,22,23)/t15-/m1/s1. The molecule has 24 heavy (non-hydrogen) atoms. The van der Waals surface area contributed by atoms with Gasteiger partial charge in [-0.2, -0.15) is 5.10 Å². The Morgan fingerprint density at radius 1 is 1.12 bits per heavy atom. The Morgan fingerprint density at radius 3 is 2.42 bits per heavy atom. The van der Waals surface area contributed by atoms with Gasteiger partial charge in [0, 0.05) is 5.69 Å². The summed E-state index contributed by atoms with van der Waals surface area (Å²) < 4.78 is 5.13. The third kappa shape index (κ3) is 4.59. The molecule has 0 aliphatic rings. The number of carbonyl (C=O) groups is 1. The molecule has 2 aromatic rings. The third-order valence-corrected chi connectivity index (χ3v) is 3.75. The normalized spacial score (nSPS) is 12.4. The van der Waals surface area contributed by atoms with Crippen molar-refractivity contribution in [2.45, 2.75) is 26.8 Å². The number of anilines is 1. The van der Waals surface area contributed by atoms with Crippen LogP contribution in [0, 0.1) is 6.92 Å². The number of amides is 1. The first-order valence-electron chi connectivity index (χ1n) is 7.82. The lowest BCUT2D eigenvalue weighted by Gasteiger charge is -2.15. The van der Waals surface area contributed by atoms with E-state index in [1.54, 1.807) is 14.0 Å². The average Bonchev–Trinajstić information content (AvgIpc) is 2.61. The van der Waals surface area contributed by atoms with Gasteiger partial charge in [-0.25, -0.2) is 5.43 Å². The molecule has 0 radical (unpaired) electrons. The number of ether oxygens (including phenoxy) is 1. The molecular weight excluding hydrogens is 302 g/mol. The van der Waals surface area contributed by atoms with Gasteiger partial charge in [0.05, 0.1) is 12.8 Å². The fraction of sp³-hybridized carbons (Fsp3) is 0.263. The molecule has 0 heterocycles. The second-order valence-corrected chi connectivity index (χ2v) is 5.58. The van der Waals surface area contributed by atoms with Gasteiger partial charge in [0.1, 0.15) is 11.8 Å². The Hall–Kier alpha value is -2.82. The van der Waals surface area contributed by atoms with Crippen molar-refractivity contribution in [1.29, 1.82) is 0 Å². The summed E-state index contributed by atoms with van der Waals surface area (Å²) in [5.74, 6) is 0.595. The number of hydrogen-bond donors (Lipinski definition) is 2. The maximum absolute atomic E-state index is 12.2. The summed E-state index contributed by atoms with van der Waals surface area (Å²) in [7, 11) is 1.62. The van der Waals surface area contributed by atoms with Crippen LogP contribution < -0.4 is 15.5 Å². The quantitative estimate of drug-likeness (QED) is 0.632. The van der Waals surface area contributed by atoms with Gasteiger partial charge in [-0.1, -0.05) is 18.2 Å². The van der Waals surface area contributed by atoms with Crippen LogP contribution in [-0.4, -0.2) is 24.8 Å². The van der Waals surface area contributed by atoms with Crippen molar-refractivity contribution in [3.63, 3.8) is 0 Å². The lowest BCUT2D eigenvalue weighted by Crippen LogP contribution is -2.35. The molecule has 0 fully saturated rings. The molecule has 0 aliphatic heterocycles. The molecule has 126 valence electrons. The molecule has 5 nitrogen and oxygen atoms in total. The second-order valence-electron chi connectivity index (χ2n) is 5.58. The molecule has 0 unspecified atom stereocenters. The van der Waals surface area contributed by atoms with Gasteiger partial charge >= 0.3 is 0 Å². The number of benzene rings is 2. The summed E-state index contributed by atoms with van der Waals surface area (Å²) in [6.45, 7) is 5.65. The van der Waals surface area contributed by atoms with Crippen LogP contribution >= 0.6 is 0 Å². The van der Waals surface area contributed by atoms with Crippen LogP contribution in [0.2, 0.25) is 0 Å². The summed E-state index contributed by atoms with van der Waals surface area (Å²) in [5, 5.41) is 7.36. The number of nitrogens with zero attached hydrogens (tertiary/aromatic N) is 1. The van der Waals surface area contributed by atoms with Crippen LogP contribution in [0.25, 0.3) is 0 Å². The minimum Gasteiger partial charge on any atom is -0.497 e. The van der Waals surface area contributed by atoms with E-state index in [4.69, 9.17) is 4.74 Å².